The molecule has 0 aliphatic rings. The third-order valence-electron chi connectivity index (χ3n) is 2.63. The Morgan fingerprint density at radius 1 is 1.05 bits per heavy atom. The normalized spacial score (nSPS) is 11.4. The Morgan fingerprint density at radius 3 is 2.35 bits per heavy atom. The Bertz CT molecular complexity index is 614. The Balaban J connectivity index is 2.30. The molecule has 2 aromatic carbocycles. The van der Waals surface area contributed by atoms with Gasteiger partial charge in [-0.3, -0.25) is 0 Å². The molecule has 0 aliphatic carbocycles. The fraction of sp³-hybridized carbons (Fsp3) is 0.143. The van der Waals surface area contributed by atoms with Crippen molar-refractivity contribution in [2.45, 2.75) is 12.7 Å². The van der Waals surface area contributed by atoms with Gasteiger partial charge in [0.25, 0.3) is 0 Å². The number of benzene rings is 2. The van der Waals surface area contributed by atoms with Crippen molar-refractivity contribution >= 4 is 11.6 Å². The first-order valence-electron chi connectivity index (χ1n) is 5.74. The molecule has 2 aromatic rings. The third kappa shape index (κ3) is 3.43. The molecule has 0 spiro atoms. The molecule has 0 saturated carbocycles. The average molecular weight is 302 g/mol. The monoisotopic (exact) mass is 301 g/mol. The zero-order valence-corrected chi connectivity index (χ0v) is 11.0. The zero-order valence-electron chi connectivity index (χ0n) is 10.2. The molecule has 0 atom stereocenters. The molecule has 20 heavy (non-hydrogen) atoms. The number of alkyl halides is 3. The fourth-order valence-corrected chi connectivity index (χ4v) is 1.93. The highest BCUT2D eigenvalue weighted by Crippen LogP contribution is 2.34. The summed E-state index contributed by atoms with van der Waals surface area (Å²) in [4.78, 5) is 0. The number of nitrogens with two attached hydrogens (primary N) is 1. The summed E-state index contributed by atoms with van der Waals surface area (Å²) >= 11 is 5.81. The average Bonchev–Trinajstić information content (AvgIpc) is 2.37. The van der Waals surface area contributed by atoms with Crippen molar-refractivity contribution in [1.29, 1.82) is 0 Å². The van der Waals surface area contributed by atoms with Crippen LogP contribution in [0, 0.1) is 0 Å². The molecule has 6 heteroatoms. The van der Waals surface area contributed by atoms with E-state index in [1.54, 1.807) is 24.3 Å². The highest BCUT2D eigenvalue weighted by Gasteiger charge is 2.33. The van der Waals surface area contributed by atoms with E-state index in [2.05, 4.69) is 0 Å². The fourth-order valence-electron chi connectivity index (χ4n) is 1.75. The zero-order chi connectivity index (χ0) is 14.8. The first kappa shape index (κ1) is 14.7. The van der Waals surface area contributed by atoms with Crippen molar-refractivity contribution in [1.82, 2.24) is 0 Å². The number of ether oxygens (including phenoxy) is 1. The molecule has 2 nitrogen and oxygen atoms in total. The largest absolute Gasteiger partial charge is 0.457 e. The van der Waals surface area contributed by atoms with E-state index in [0.29, 0.717) is 10.8 Å². The summed E-state index contributed by atoms with van der Waals surface area (Å²) in [6, 6.07) is 10.1. The first-order valence-corrected chi connectivity index (χ1v) is 6.11. The number of halogens is 4. The van der Waals surface area contributed by atoms with Gasteiger partial charge in [0.15, 0.2) is 0 Å². The predicted octanol–water partition coefficient (Wildman–Crippen LogP) is 4.61. The van der Waals surface area contributed by atoms with Gasteiger partial charge < -0.3 is 10.5 Å². The second-order valence-electron chi connectivity index (χ2n) is 4.08. The molecule has 0 amide bonds. The highest BCUT2D eigenvalue weighted by atomic mass is 35.5. The van der Waals surface area contributed by atoms with Crippen molar-refractivity contribution in [3.8, 4) is 11.5 Å². The Kier molecular flexibility index (Phi) is 4.20. The van der Waals surface area contributed by atoms with Crippen molar-refractivity contribution < 1.29 is 17.9 Å². The summed E-state index contributed by atoms with van der Waals surface area (Å²) in [5, 5.41) is 0.480. The Morgan fingerprint density at radius 2 is 1.75 bits per heavy atom. The lowest BCUT2D eigenvalue weighted by Gasteiger charge is -2.13. The molecule has 0 saturated heterocycles. The van der Waals surface area contributed by atoms with Crippen molar-refractivity contribution in [2.24, 2.45) is 5.73 Å². The van der Waals surface area contributed by atoms with Crippen LogP contribution in [0.1, 0.15) is 11.1 Å². The van der Waals surface area contributed by atoms with E-state index in [9.17, 15) is 13.2 Å². The van der Waals surface area contributed by atoms with E-state index in [-0.39, 0.29) is 17.9 Å². The summed E-state index contributed by atoms with van der Waals surface area (Å²) in [6.07, 6.45) is -4.43. The second kappa shape index (κ2) is 5.73. The van der Waals surface area contributed by atoms with Gasteiger partial charge in [-0.25, -0.2) is 0 Å². The summed E-state index contributed by atoms with van der Waals surface area (Å²) < 4.78 is 43.7. The Hall–Kier alpha value is -1.72. The molecule has 0 aromatic heterocycles. The standard InChI is InChI=1S/C14H11ClF3NO/c15-10-2-1-3-11(7-10)20-12-4-5-13(14(16,17)18)9(6-12)8-19/h1-7H,8,19H2. The second-order valence-corrected chi connectivity index (χ2v) is 4.52. The maximum atomic E-state index is 12.7. The van der Waals surface area contributed by atoms with Gasteiger partial charge in [-0.15, -0.1) is 0 Å². The van der Waals surface area contributed by atoms with Crippen LogP contribution in [0.3, 0.4) is 0 Å². The molecule has 0 unspecified atom stereocenters. The maximum Gasteiger partial charge on any atom is 0.416 e. The van der Waals surface area contributed by atoms with Crippen LogP contribution >= 0.6 is 11.6 Å². The molecule has 0 heterocycles. The SMILES string of the molecule is NCc1cc(Oc2cccc(Cl)c2)ccc1C(F)(F)F. The molecule has 0 radical (unpaired) electrons. The van der Waals surface area contributed by atoms with Crippen LogP contribution in [-0.2, 0) is 12.7 Å². The lowest BCUT2D eigenvalue weighted by atomic mass is 10.1. The van der Waals surface area contributed by atoms with Crippen molar-refractivity contribution in [2.75, 3.05) is 0 Å². The first-order chi connectivity index (χ1) is 9.40. The molecular weight excluding hydrogens is 291 g/mol. The minimum Gasteiger partial charge on any atom is -0.457 e. The summed E-state index contributed by atoms with van der Waals surface area (Å²) in [5.41, 5.74) is 4.59. The Labute approximate surface area is 118 Å². The van der Waals surface area contributed by atoms with Gasteiger partial charge in [-0.05, 0) is 42.0 Å². The van der Waals surface area contributed by atoms with Gasteiger partial charge >= 0.3 is 6.18 Å². The van der Waals surface area contributed by atoms with E-state index in [0.717, 1.165) is 6.07 Å². The number of hydrogen-bond donors (Lipinski definition) is 1. The minimum absolute atomic E-state index is 0.0166. The van der Waals surface area contributed by atoms with Gasteiger partial charge in [0, 0.05) is 11.6 Å². The number of hydrogen-bond acceptors (Lipinski definition) is 2. The van der Waals surface area contributed by atoms with E-state index < -0.39 is 11.7 Å². The van der Waals surface area contributed by atoms with Gasteiger partial charge in [0.05, 0.1) is 5.56 Å². The van der Waals surface area contributed by atoms with Gasteiger partial charge in [-0.1, -0.05) is 17.7 Å². The summed E-state index contributed by atoms with van der Waals surface area (Å²) in [7, 11) is 0. The molecule has 2 rings (SSSR count). The van der Waals surface area contributed by atoms with Crippen LogP contribution in [-0.4, -0.2) is 0 Å². The smallest absolute Gasteiger partial charge is 0.416 e. The topological polar surface area (TPSA) is 35.2 Å². The minimum atomic E-state index is -4.43. The van der Waals surface area contributed by atoms with Gasteiger partial charge in [-0.2, -0.15) is 13.2 Å². The molecule has 0 aliphatic heterocycles. The van der Waals surface area contributed by atoms with E-state index >= 15 is 0 Å². The van der Waals surface area contributed by atoms with Crippen LogP contribution in [0.4, 0.5) is 13.2 Å². The lowest BCUT2D eigenvalue weighted by molar-refractivity contribution is -0.138. The van der Waals surface area contributed by atoms with E-state index in [1.165, 1.54) is 12.1 Å². The van der Waals surface area contributed by atoms with Crippen LogP contribution in [0.2, 0.25) is 5.02 Å². The van der Waals surface area contributed by atoms with Crippen LogP contribution < -0.4 is 10.5 Å². The summed E-state index contributed by atoms with van der Waals surface area (Å²) in [6.45, 7) is -0.221. The predicted molar refractivity (Wildman–Crippen MR) is 70.9 cm³/mol. The highest BCUT2D eigenvalue weighted by molar-refractivity contribution is 6.30. The van der Waals surface area contributed by atoms with Gasteiger partial charge in [0.2, 0.25) is 0 Å². The van der Waals surface area contributed by atoms with Crippen molar-refractivity contribution in [3.63, 3.8) is 0 Å². The summed E-state index contributed by atoms with van der Waals surface area (Å²) in [5.74, 6) is 0.723. The van der Waals surface area contributed by atoms with Gasteiger partial charge in [0.1, 0.15) is 11.5 Å². The molecule has 106 valence electrons. The van der Waals surface area contributed by atoms with E-state index in [4.69, 9.17) is 22.1 Å². The molecule has 0 fully saturated rings. The van der Waals surface area contributed by atoms with Crippen molar-refractivity contribution in [3.05, 3.63) is 58.6 Å². The third-order valence-corrected chi connectivity index (χ3v) is 2.87. The number of rotatable bonds is 3. The van der Waals surface area contributed by atoms with E-state index in [1.807, 2.05) is 0 Å². The molecular formula is C14H11ClF3NO. The maximum absolute atomic E-state index is 12.7. The molecule has 2 N–H and O–H groups in total. The molecule has 0 bridgehead atoms. The van der Waals surface area contributed by atoms with Crippen LogP contribution in [0.15, 0.2) is 42.5 Å². The van der Waals surface area contributed by atoms with Crippen LogP contribution in [0.5, 0.6) is 11.5 Å². The lowest BCUT2D eigenvalue weighted by Crippen LogP contribution is -2.11. The quantitative estimate of drug-likeness (QED) is 0.898. The van der Waals surface area contributed by atoms with Crippen LogP contribution in [0.25, 0.3) is 0 Å².